The van der Waals surface area contributed by atoms with E-state index in [9.17, 15) is 0 Å². The third kappa shape index (κ3) is 3.98. The number of benzene rings is 1. The maximum absolute atomic E-state index is 5.43. The molecule has 1 aromatic carbocycles. The molecule has 0 bridgehead atoms. The highest BCUT2D eigenvalue weighted by molar-refractivity contribution is 8.00. The summed E-state index contributed by atoms with van der Waals surface area (Å²) in [6.07, 6.45) is 5.09. The van der Waals surface area contributed by atoms with E-state index in [4.69, 9.17) is 4.74 Å². The van der Waals surface area contributed by atoms with Gasteiger partial charge in [0.2, 0.25) is 0 Å². The van der Waals surface area contributed by atoms with E-state index in [-0.39, 0.29) is 0 Å². The summed E-state index contributed by atoms with van der Waals surface area (Å²) in [7, 11) is 0. The first-order valence-corrected chi connectivity index (χ1v) is 8.26. The molecule has 0 unspecified atom stereocenters. The molecule has 1 saturated heterocycles. The minimum absolute atomic E-state index is 0.739. The molecule has 0 radical (unpaired) electrons. The average Bonchev–Trinajstić information content (AvgIpc) is 3.25. The van der Waals surface area contributed by atoms with E-state index >= 15 is 0 Å². The summed E-state index contributed by atoms with van der Waals surface area (Å²) in [5.41, 5.74) is 2.84. The van der Waals surface area contributed by atoms with Crippen LogP contribution in [0, 0.1) is 6.92 Å². The third-order valence-electron chi connectivity index (χ3n) is 3.87. The highest BCUT2D eigenvalue weighted by Gasteiger charge is 2.20. The van der Waals surface area contributed by atoms with Gasteiger partial charge in [-0.05, 0) is 49.8 Å². The summed E-state index contributed by atoms with van der Waals surface area (Å²) in [6, 6.07) is 7.72. The van der Waals surface area contributed by atoms with Crippen LogP contribution in [0.1, 0.15) is 36.8 Å². The van der Waals surface area contributed by atoms with Crippen molar-refractivity contribution < 1.29 is 4.74 Å². The van der Waals surface area contributed by atoms with E-state index in [2.05, 4.69) is 30.4 Å². The van der Waals surface area contributed by atoms with Crippen LogP contribution < -0.4 is 5.32 Å². The van der Waals surface area contributed by atoms with Crippen molar-refractivity contribution in [1.29, 1.82) is 0 Å². The lowest BCUT2D eigenvalue weighted by atomic mass is 10.1. The number of ether oxygens (including phenoxy) is 1. The Labute approximate surface area is 120 Å². The van der Waals surface area contributed by atoms with Gasteiger partial charge in [-0.25, -0.2) is 0 Å². The predicted molar refractivity (Wildman–Crippen MR) is 80.7 cm³/mol. The second-order valence-corrected chi connectivity index (χ2v) is 7.03. The lowest BCUT2D eigenvalue weighted by Crippen LogP contribution is -2.17. The molecule has 1 aliphatic heterocycles. The molecular formula is C16H23NOS. The first-order valence-electron chi connectivity index (χ1n) is 7.38. The van der Waals surface area contributed by atoms with E-state index in [0.717, 1.165) is 31.1 Å². The Morgan fingerprint density at radius 2 is 2.00 bits per heavy atom. The normalized spacial score (nSPS) is 20.7. The molecule has 0 amide bonds. The quantitative estimate of drug-likeness (QED) is 0.890. The van der Waals surface area contributed by atoms with E-state index in [1.807, 2.05) is 11.8 Å². The molecule has 19 heavy (non-hydrogen) atoms. The van der Waals surface area contributed by atoms with E-state index in [1.54, 1.807) is 0 Å². The van der Waals surface area contributed by atoms with Gasteiger partial charge >= 0.3 is 0 Å². The molecule has 104 valence electrons. The Morgan fingerprint density at radius 3 is 2.68 bits per heavy atom. The Bertz CT molecular complexity index is 425. The van der Waals surface area contributed by atoms with Crippen LogP contribution in [-0.4, -0.2) is 24.5 Å². The fourth-order valence-electron chi connectivity index (χ4n) is 2.48. The first kappa shape index (κ1) is 13.5. The van der Waals surface area contributed by atoms with Crippen LogP contribution >= 0.6 is 11.8 Å². The van der Waals surface area contributed by atoms with Crippen molar-refractivity contribution in [2.45, 2.75) is 55.3 Å². The van der Waals surface area contributed by atoms with Crippen LogP contribution in [0.5, 0.6) is 0 Å². The molecule has 2 nitrogen and oxygen atoms in total. The molecule has 0 atom stereocenters. The summed E-state index contributed by atoms with van der Waals surface area (Å²) in [5.74, 6) is 0. The van der Waals surface area contributed by atoms with Crippen molar-refractivity contribution in [2.75, 3.05) is 13.2 Å². The van der Waals surface area contributed by atoms with Gasteiger partial charge in [0, 0.05) is 35.9 Å². The van der Waals surface area contributed by atoms with Gasteiger partial charge in [-0.15, -0.1) is 11.8 Å². The number of nitrogens with one attached hydrogen (secondary N) is 1. The Hall–Kier alpha value is -0.510. The maximum atomic E-state index is 5.43. The minimum Gasteiger partial charge on any atom is -0.381 e. The van der Waals surface area contributed by atoms with Gasteiger partial charge in [-0.2, -0.15) is 0 Å². The van der Waals surface area contributed by atoms with Crippen LogP contribution in [0.25, 0.3) is 0 Å². The van der Waals surface area contributed by atoms with Crippen LogP contribution in [0.4, 0.5) is 0 Å². The molecule has 3 rings (SSSR count). The Morgan fingerprint density at radius 1 is 1.21 bits per heavy atom. The fourth-order valence-corrected chi connectivity index (χ4v) is 3.66. The summed E-state index contributed by atoms with van der Waals surface area (Å²) in [4.78, 5) is 1.45. The number of aryl methyl sites for hydroxylation is 1. The molecule has 1 saturated carbocycles. The number of rotatable bonds is 5. The van der Waals surface area contributed by atoms with Gasteiger partial charge in [-0.3, -0.25) is 0 Å². The van der Waals surface area contributed by atoms with Crippen molar-refractivity contribution in [2.24, 2.45) is 0 Å². The van der Waals surface area contributed by atoms with Crippen molar-refractivity contribution in [3.05, 3.63) is 29.3 Å². The minimum atomic E-state index is 0.739. The molecule has 0 spiro atoms. The zero-order chi connectivity index (χ0) is 13.1. The van der Waals surface area contributed by atoms with E-state index < -0.39 is 0 Å². The predicted octanol–water partition coefficient (Wildman–Crippen LogP) is 3.52. The van der Waals surface area contributed by atoms with Gasteiger partial charge in [0.25, 0.3) is 0 Å². The van der Waals surface area contributed by atoms with Crippen LogP contribution in [-0.2, 0) is 11.3 Å². The van der Waals surface area contributed by atoms with Crippen LogP contribution in [0.2, 0.25) is 0 Å². The molecule has 0 aromatic heterocycles. The topological polar surface area (TPSA) is 21.3 Å². The van der Waals surface area contributed by atoms with Crippen LogP contribution in [0.3, 0.4) is 0 Å². The summed E-state index contributed by atoms with van der Waals surface area (Å²) < 4.78 is 5.43. The summed E-state index contributed by atoms with van der Waals surface area (Å²) in [6.45, 7) is 5.12. The maximum Gasteiger partial charge on any atom is 0.0476 e. The largest absolute Gasteiger partial charge is 0.381 e. The monoisotopic (exact) mass is 277 g/mol. The number of hydrogen-bond acceptors (Lipinski definition) is 3. The zero-order valence-electron chi connectivity index (χ0n) is 11.7. The van der Waals surface area contributed by atoms with Gasteiger partial charge in [0.15, 0.2) is 0 Å². The smallest absolute Gasteiger partial charge is 0.0476 e. The summed E-state index contributed by atoms with van der Waals surface area (Å²) >= 11 is 2.04. The average molecular weight is 277 g/mol. The molecule has 1 aliphatic carbocycles. The van der Waals surface area contributed by atoms with Gasteiger partial charge in [0.1, 0.15) is 0 Å². The molecule has 2 fully saturated rings. The lowest BCUT2D eigenvalue weighted by molar-refractivity contribution is 0.100. The number of thioether (sulfide) groups is 1. The Balaban J connectivity index is 1.58. The van der Waals surface area contributed by atoms with E-state index in [0.29, 0.717) is 0 Å². The van der Waals surface area contributed by atoms with Crippen molar-refractivity contribution in [1.82, 2.24) is 5.32 Å². The molecule has 2 aliphatic rings. The zero-order valence-corrected chi connectivity index (χ0v) is 12.5. The molecule has 1 heterocycles. The van der Waals surface area contributed by atoms with Crippen molar-refractivity contribution in [3.8, 4) is 0 Å². The number of hydrogen-bond donors (Lipinski definition) is 1. The second kappa shape index (κ2) is 6.29. The third-order valence-corrected chi connectivity index (χ3v) is 5.39. The van der Waals surface area contributed by atoms with Gasteiger partial charge in [-0.1, -0.05) is 12.1 Å². The highest BCUT2D eigenvalue weighted by Crippen LogP contribution is 2.32. The van der Waals surface area contributed by atoms with Crippen molar-refractivity contribution in [3.63, 3.8) is 0 Å². The van der Waals surface area contributed by atoms with Crippen molar-refractivity contribution >= 4 is 11.8 Å². The molecular weight excluding hydrogens is 254 g/mol. The van der Waals surface area contributed by atoms with Gasteiger partial charge < -0.3 is 10.1 Å². The first-order chi connectivity index (χ1) is 9.31. The lowest BCUT2D eigenvalue weighted by Gasteiger charge is -2.22. The van der Waals surface area contributed by atoms with Gasteiger partial charge in [0.05, 0.1) is 0 Å². The second-order valence-electron chi connectivity index (χ2n) is 5.68. The van der Waals surface area contributed by atoms with E-state index in [1.165, 1.54) is 41.7 Å². The summed E-state index contributed by atoms with van der Waals surface area (Å²) in [5, 5.41) is 4.32. The fraction of sp³-hybridized carbons (Fsp3) is 0.625. The van der Waals surface area contributed by atoms with Crippen LogP contribution in [0.15, 0.2) is 23.1 Å². The molecule has 1 aromatic rings. The highest BCUT2D eigenvalue weighted by atomic mass is 32.2. The Kier molecular flexibility index (Phi) is 4.46. The SMILES string of the molecule is Cc1cc(CNC2CC2)ccc1SC1CCOCC1. The standard InChI is InChI=1S/C16H23NOS/c1-12-10-13(11-17-14-3-4-14)2-5-16(12)19-15-6-8-18-9-7-15/h2,5,10,14-15,17H,3-4,6-9,11H2,1H3. The molecule has 3 heteroatoms. The molecule has 1 N–H and O–H groups in total.